The van der Waals surface area contributed by atoms with Crippen molar-refractivity contribution in [2.24, 2.45) is 5.73 Å². The van der Waals surface area contributed by atoms with Gasteiger partial charge in [-0.2, -0.15) is 0 Å². The van der Waals surface area contributed by atoms with E-state index in [1.807, 2.05) is 24.3 Å². The molecule has 0 saturated carbocycles. The van der Waals surface area contributed by atoms with Crippen LogP contribution in [0.15, 0.2) is 36.9 Å². The highest BCUT2D eigenvalue weighted by atomic mass is 35.5. The second kappa shape index (κ2) is 4.29. The fraction of sp³-hybridized carbons (Fsp3) is 0.200. The molecule has 0 aromatic heterocycles. The van der Waals surface area contributed by atoms with E-state index < -0.39 is 0 Å². The summed E-state index contributed by atoms with van der Waals surface area (Å²) in [6.45, 7) is 3.63. The number of rotatable bonds is 3. The monoisotopic (exact) mass is 181 g/mol. The molecule has 1 nitrogen and oxygen atoms in total. The zero-order valence-corrected chi connectivity index (χ0v) is 7.59. The van der Waals surface area contributed by atoms with Gasteiger partial charge in [0.2, 0.25) is 0 Å². The highest BCUT2D eigenvalue weighted by Gasteiger charge is 2.06. The van der Waals surface area contributed by atoms with Crippen LogP contribution in [0.4, 0.5) is 0 Å². The summed E-state index contributed by atoms with van der Waals surface area (Å²) < 4.78 is 0. The van der Waals surface area contributed by atoms with Gasteiger partial charge < -0.3 is 5.73 Å². The van der Waals surface area contributed by atoms with Gasteiger partial charge in [0.15, 0.2) is 0 Å². The molecular weight excluding hydrogens is 170 g/mol. The lowest BCUT2D eigenvalue weighted by molar-refractivity contribution is 0.742. The van der Waals surface area contributed by atoms with Gasteiger partial charge in [0, 0.05) is 11.1 Å². The average molecular weight is 182 g/mol. The van der Waals surface area contributed by atoms with Gasteiger partial charge >= 0.3 is 0 Å². The first kappa shape index (κ1) is 9.30. The van der Waals surface area contributed by atoms with Gasteiger partial charge in [-0.25, -0.2) is 0 Å². The minimum absolute atomic E-state index is 0.0313. The van der Waals surface area contributed by atoms with E-state index in [4.69, 9.17) is 17.3 Å². The van der Waals surface area contributed by atoms with Crippen molar-refractivity contribution in [1.82, 2.24) is 0 Å². The van der Waals surface area contributed by atoms with Gasteiger partial charge in [-0.3, -0.25) is 0 Å². The molecule has 1 atom stereocenters. The standard InChI is InChI=1S/C10H12ClN/c1-2-5-10(12)8-6-3-4-7-9(8)11/h2-4,6-7,10H,1,5,12H2/t10-/m0/s1. The van der Waals surface area contributed by atoms with E-state index in [9.17, 15) is 0 Å². The van der Waals surface area contributed by atoms with Crippen LogP contribution in [0.5, 0.6) is 0 Å². The van der Waals surface area contributed by atoms with Crippen LogP contribution in [0.25, 0.3) is 0 Å². The first-order chi connectivity index (χ1) is 5.75. The van der Waals surface area contributed by atoms with E-state index in [-0.39, 0.29) is 6.04 Å². The smallest absolute Gasteiger partial charge is 0.0453 e. The molecule has 0 bridgehead atoms. The van der Waals surface area contributed by atoms with Crippen molar-refractivity contribution in [2.45, 2.75) is 12.5 Å². The van der Waals surface area contributed by atoms with Crippen LogP contribution in [-0.2, 0) is 0 Å². The quantitative estimate of drug-likeness (QED) is 0.713. The maximum Gasteiger partial charge on any atom is 0.0453 e. The number of hydrogen-bond donors (Lipinski definition) is 1. The van der Waals surface area contributed by atoms with E-state index in [0.717, 1.165) is 17.0 Å². The van der Waals surface area contributed by atoms with E-state index in [1.165, 1.54) is 0 Å². The lowest BCUT2D eigenvalue weighted by Crippen LogP contribution is -2.09. The van der Waals surface area contributed by atoms with Gasteiger partial charge in [0.1, 0.15) is 0 Å². The van der Waals surface area contributed by atoms with E-state index >= 15 is 0 Å². The summed E-state index contributed by atoms with van der Waals surface area (Å²) in [4.78, 5) is 0. The molecule has 0 aliphatic rings. The normalized spacial score (nSPS) is 12.5. The number of nitrogens with two attached hydrogens (primary N) is 1. The van der Waals surface area contributed by atoms with Crippen molar-refractivity contribution in [2.75, 3.05) is 0 Å². The largest absolute Gasteiger partial charge is 0.324 e. The van der Waals surface area contributed by atoms with Crippen molar-refractivity contribution < 1.29 is 0 Å². The zero-order valence-electron chi connectivity index (χ0n) is 6.83. The fourth-order valence-electron chi connectivity index (χ4n) is 1.08. The van der Waals surface area contributed by atoms with Crippen molar-refractivity contribution >= 4 is 11.6 Å². The van der Waals surface area contributed by atoms with E-state index in [1.54, 1.807) is 6.08 Å². The highest BCUT2D eigenvalue weighted by Crippen LogP contribution is 2.22. The van der Waals surface area contributed by atoms with Crippen LogP contribution in [0.3, 0.4) is 0 Å². The van der Waals surface area contributed by atoms with Crippen LogP contribution in [-0.4, -0.2) is 0 Å². The first-order valence-corrected chi connectivity index (χ1v) is 4.24. The molecule has 0 unspecified atom stereocenters. The molecular formula is C10H12ClN. The maximum atomic E-state index is 5.94. The van der Waals surface area contributed by atoms with Crippen LogP contribution >= 0.6 is 11.6 Å². The average Bonchev–Trinajstić information content (AvgIpc) is 2.05. The van der Waals surface area contributed by atoms with Crippen LogP contribution in [0.1, 0.15) is 18.0 Å². The topological polar surface area (TPSA) is 26.0 Å². The Morgan fingerprint density at radius 1 is 1.50 bits per heavy atom. The van der Waals surface area contributed by atoms with Crippen LogP contribution < -0.4 is 5.73 Å². The van der Waals surface area contributed by atoms with Crippen molar-refractivity contribution in [3.05, 3.63) is 47.5 Å². The SMILES string of the molecule is C=CC[C@H](N)c1ccccc1Cl. The molecule has 0 fully saturated rings. The van der Waals surface area contributed by atoms with Crippen molar-refractivity contribution in [1.29, 1.82) is 0 Å². The number of benzene rings is 1. The minimum Gasteiger partial charge on any atom is -0.324 e. The third kappa shape index (κ3) is 2.10. The molecule has 2 N–H and O–H groups in total. The molecule has 0 heterocycles. The lowest BCUT2D eigenvalue weighted by atomic mass is 10.1. The molecule has 0 amide bonds. The van der Waals surface area contributed by atoms with Gasteiger partial charge in [-0.05, 0) is 18.1 Å². The summed E-state index contributed by atoms with van der Waals surface area (Å²) in [5.74, 6) is 0. The third-order valence-electron chi connectivity index (χ3n) is 1.73. The van der Waals surface area contributed by atoms with Crippen molar-refractivity contribution in [3.8, 4) is 0 Å². The molecule has 0 radical (unpaired) electrons. The Morgan fingerprint density at radius 3 is 2.75 bits per heavy atom. The van der Waals surface area contributed by atoms with E-state index in [2.05, 4.69) is 6.58 Å². The summed E-state index contributed by atoms with van der Waals surface area (Å²) in [5.41, 5.74) is 6.84. The summed E-state index contributed by atoms with van der Waals surface area (Å²) in [6, 6.07) is 7.59. The molecule has 1 aromatic rings. The Bertz CT molecular complexity index is 270. The maximum absolute atomic E-state index is 5.94. The Hall–Kier alpha value is -0.790. The molecule has 1 aromatic carbocycles. The summed E-state index contributed by atoms with van der Waals surface area (Å²) in [6.07, 6.45) is 2.55. The summed E-state index contributed by atoms with van der Waals surface area (Å²) in [5, 5.41) is 0.729. The highest BCUT2D eigenvalue weighted by molar-refractivity contribution is 6.31. The molecule has 1 rings (SSSR count). The molecule has 0 spiro atoms. The molecule has 64 valence electrons. The Kier molecular flexibility index (Phi) is 3.32. The van der Waals surface area contributed by atoms with Gasteiger partial charge in [-0.1, -0.05) is 35.9 Å². The lowest BCUT2D eigenvalue weighted by Gasteiger charge is -2.10. The Labute approximate surface area is 77.8 Å². The molecule has 2 heteroatoms. The van der Waals surface area contributed by atoms with E-state index in [0.29, 0.717) is 0 Å². The Balaban J connectivity index is 2.86. The molecule has 12 heavy (non-hydrogen) atoms. The first-order valence-electron chi connectivity index (χ1n) is 3.86. The zero-order chi connectivity index (χ0) is 8.97. The molecule has 0 aliphatic heterocycles. The van der Waals surface area contributed by atoms with Gasteiger partial charge in [-0.15, -0.1) is 6.58 Å². The van der Waals surface area contributed by atoms with Gasteiger partial charge in [0.05, 0.1) is 0 Å². The van der Waals surface area contributed by atoms with Crippen LogP contribution in [0, 0.1) is 0 Å². The van der Waals surface area contributed by atoms with Crippen LogP contribution in [0.2, 0.25) is 5.02 Å². The van der Waals surface area contributed by atoms with Gasteiger partial charge in [0.25, 0.3) is 0 Å². The minimum atomic E-state index is -0.0313. The number of halogens is 1. The Morgan fingerprint density at radius 2 is 2.17 bits per heavy atom. The third-order valence-corrected chi connectivity index (χ3v) is 2.07. The predicted octanol–water partition coefficient (Wildman–Crippen LogP) is 2.92. The summed E-state index contributed by atoms with van der Waals surface area (Å²) in [7, 11) is 0. The molecule has 0 aliphatic carbocycles. The predicted molar refractivity (Wildman–Crippen MR) is 53.2 cm³/mol. The molecule has 0 saturated heterocycles. The van der Waals surface area contributed by atoms with Crippen molar-refractivity contribution in [3.63, 3.8) is 0 Å². The second-order valence-electron chi connectivity index (χ2n) is 2.65. The fourth-order valence-corrected chi connectivity index (χ4v) is 1.36. The number of hydrogen-bond acceptors (Lipinski definition) is 1. The second-order valence-corrected chi connectivity index (χ2v) is 3.06. The summed E-state index contributed by atoms with van der Waals surface area (Å²) >= 11 is 5.94.